The number of amides is 1. The molecule has 1 aromatic carbocycles. The predicted molar refractivity (Wildman–Crippen MR) is 88.0 cm³/mol. The molecule has 6 heteroatoms. The molecule has 1 rings (SSSR count). The van der Waals surface area contributed by atoms with E-state index in [9.17, 15) is 9.59 Å². The molecule has 1 atom stereocenters. The zero-order valence-corrected chi connectivity index (χ0v) is 14.8. The number of carbonyl (C=O) groups excluding carboxylic acids is 2. The van der Waals surface area contributed by atoms with Crippen molar-refractivity contribution in [3.63, 3.8) is 0 Å². The van der Waals surface area contributed by atoms with Crippen molar-refractivity contribution in [2.24, 2.45) is 0 Å². The first-order chi connectivity index (χ1) is 9.71. The van der Waals surface area contributed by atoms with E-state index in [0.717, 1.165) is 9.13 Å². The molecule has 0 aliphatic rings. The lowest BCUT2D eigenvalue weighted by molar-refractivity contribution is -0.143. The minimum absolute atomic E-state index is 0.350. The minimum atomic E-state index is -0.773. The number of nitrogens with one attached hydrogen (secondary N) is 1. The second kappa shape index (κ2) is 7.63. The zero-order valence-electron chi connectivity index (χ0n) is 12.6. The van der Waals surface area contributed by atoms with Crippen LogP contribution < -0.4 is 5.32 Å². The van der Waals surface area contributed by atoms with Gasteiger partial charge in [0.05, 0.1) is 7.11 Å². The average molecular weight is 405 g/mol. The first kappa shape index (κ1) is 17.7. The quantitative estimate of drug-likeness (QED) is 0.618. The van der Waals surface area contributed by atoms with Gasteiger partial charge in [-0.05, 0) is 61.1 Å². The molecule has 0 saturated heterocycles. The molecule has 0 unspecified atom stereocenters. The Morgan fingerprint density at radius 1 is 1.24 bits per heavy atom. The van der Waals surface area contributed by atoms with Crippen LogP contribution in [-0.4, -0.2) is 30.8 Å². The van der Waals surface area contributed by atoms with E-state index in [1.54, 1.807) is 20.8 Å². The van der Waals surface area contributed by atoms with Gasteiger partial charge in [-0.2, -0.15) is 0 Å². The molecule has 0 heterocycles. The van der Waals surface area contributed by atoms with E-state index < -0.39 is 23.7 Å². The smallest absolute Gasteiger partial charge is 0.408 e. The first-order valence-corrected chi connectivity index (χ1v) is 7.61. The molecule has 21 heavy (non-hydrogen) atoms. The van der Waals surface area contributed by atoms with Crippen molar-refractivity contribution in [3.8, 4) is 0 Å². The van der Waals surface area contributed by atoms with Gasteiger partial charge < -0.3 is 14.8 Å². The lowest BCUT2D eigenvalue weighted by atomic mass is 10.1. The highest BCUT2D eigenvalue weighted by Gasteiger charge is 2.25. The summed E-state index contributed by atoms with van der Waals surface area (Å²) in [5.41, 5.74) is 0.315. The summed E-state index contributed by atoms with van der Waals surface area (Å²) >= 11 is 2.20. The first-order valence-electron chi connectivity index (χ1n) is 6.53. The molecule has 0 aliphatic carbocycles. The van der Waals surface area contributed by atoms with E-state index in [4.69, 9.17) is 9.47 Å². The van der Waals surface area contributed by atoms with Crippen LogP contribution in [0.2, 0.25) is 0 Å². The molecule has 0 aliphatic heterocycles. The van der Waals surface area contributed by atoms with Crippen molar-refractivity contribution in [2.75, 3.05) is 7.11 Å². The Morgan fingerprint density at radius 2 is 1.81 bits per heavy atom. The molecule has 1 amide bonds. The number of hydrogen-bond acceptors (Lipinski definition) is 4. The fourth-order valence-corrected chi connectivity index (χ4v) is 2.00. The van der Waals surface area contributed by atoms with Crippen LogP contribution >= 0.6 is 22.6 Å². The monoisotopic (exact) mass is 405 g/mol. The van der Waals surface area contributed by atoms with Crippen molar-refractivity contribution in [1.82, 2.24) is 5.32 Å². The lowest BCUT2D eigenvalue weighted by Gasteiger charge is -2.22. The predicted octanol–water partition coefficient (Wildman–Crippen LogP) is 2.90. The minimum Gasteiger partial charge on any atom is -0.467 e. The van der Waals surface area contributed by atoms with Gasteiger partial charge >= 0.3 is 12.1 Å². The van der Waals surface area contributed by atoms with Gasteiger partial charge in [0.15, 0.2) is 0 Å². The van der Waals surface area contributed by atoms with E-state index in [2.05, 4.69) is 27.9 Å². The maximum Gasteiger partial charge on any atom is 0.408 e. The van der Waals surface area contributed by atoms with Crippen molar-refractivity contribution in [2.45, 2.75) is 38.8 Å². The number of halogens is 1. The average Bonchev–Trinajstić information content (AvgIpc) is 2.37. The zero-order chi connectivity index (χ0) is 16.0. The van der Waals surface area contributed by atoms with E-state index >= 15 is 0 Å². The van der Waals surface area contributed by atoms with Gasteiger partial charge in [-0.15, -0.1) is 0 Å². The summed E-state index contributed by atoms with van der Waals surface area (Å²) in [5, 5.41) is 2.55. The number of benzene rings is 1. The third-order valence-electron chi connectivity index (χ3n) is 2.53. The largest absolute Gasteiger partial charge is 0.467 e. The molecule has 0 bridgehead atoms. The molecular weight excluding hydrogens is 385 g/mol. The second-order valence-electron chi connectivity index (χ2n) is 5.55. The molecule has 5 nitrogen and oxygen atoms in total. The summed E-state index contributed by atoms with van der Waals surface area (Å²) in [5.74, 6) is -0.501. The molecular formula is C15H20INO4. The van der Waals surface area contributed by atoms with E-state index in [-0.39, 0.29) is 0 Å². The molecule has 0 saturated carbocycles. The SMILES string of the molecule is COC(=O)[C@@H](Cc1ccc(I)cc1)NC(=O)OC(C)(C)C. The number of ether oxygens (including phenoxy) is 2. The highest BCUT2D eigenvalue weighted by molar-refractivity contribution is 14.1. The summed E-state index contributed by atoms with van der Waals surface area (Å²) in [6, 6.07) is 6.93. The molecule has 116 valence electrons. The Balaban J connectivity index is 2.74. The Kier molecular flexibility index (Phi) is 6.44. The summed E-state index contributed by atoms with van der Waals surface area (Å²) in [4.78, 5) is 23.6. The van der Waals surface area contributed by atoms with Crippen LogP contribution in [0, 0.1) is 3.57 Å². The normalized spacial score (nSPS) is 12.4. The summed E-state index contributed by atoms with van der Waals surface area (Å²) in [6.45, 7) is 5.29. The molecule has 1 N–H and O–H groups in total. The summed E-state index contributed by atoms with van der Waals surface area (Å²) < 4.78 is 11.0. The maximum absolute atomic E-state index is 11.8. The number of rotatable bonds is 4. The van der Waals surface area contributed by atoms with Crippen LogP contribution in [0.25, 0.3) is 0 Å². The fourth-order valence-electron chi connectivity index (χ4n) is 1.64. The fraction of sp³-hybridized carbons (Fsp3) is 0.467. The van der Waals surface area contributed by atoms with Crippen molar-refractivity contribution in [1.29, 1.82) is 0 Å². The van der Waals surface area contributed by atoms with Crippen molar-refractivity contribution in [3.05, 3.63) is 33.4 Å². The number of methoxy groups -OCH3 is 1. The Labute approximate surface area is 138 Å². The van der Waals surface area contributed by atoms with Crippen LogP contribution in [0.1, 0.15) is 26.3 Å². The summed E-state index contributed by atoms with van der Waals surface area (Å²) in [7, 11) is 1.29. The van der Waals surface area contributed by atoms with Gasteiger partial charge in [0.1, 0.15) is 11.6 Å². The van der Waals surface area contributed by atoms with Crippen LogP contribution in [-0.2, 0) is 20.7 Å². The van der Waals surface area contributed by atoms with Crippen LogP contribution in [0.3, 0.4) is 0 Å². The number of esters is 1. The second-order valence-corrected chi connectivity index (χ2v) is 6.80. The molecule has 0 fully saturated rings. The topological polar surface area (TPSA) is 64.6 Å². The van der Waals surface area contributed by atoms with Gasteiger partial charge in [-0.25, -0.2) is 9.59 Å². The highest BCUT2D eigenvalue weighted by Crippen LogP contribution is 2.11. The summed E-state index contributed by atoms with van der Waals surface area (Å²) in [6.07, 6.45) is -0.286. The molecule has 0 spiro atoms. The molecule has 0 radical (unpaired) electrons. The third-order valence-corrected chi connectivity index (χ3v) is 3.25. The van der Waals surface area contributed by atoms with Gasteiger partial charge in [-0.1, -0.05) is 12.1 Å². The highest BCUT2D eigenvalue weighted by atomic mass is 127. The lowest BCUT2D eigenvalue weighted by Crippen LogP contribution is -2.45. The molecule has 0 aromatic heterocycles. The Bertz CT molecular complexity index is 493. The number of carbonyl (C=O) groups is 2. The Hall–Kier alpha value is -1.31. The number of hydrogen-bond donors (Lipinski definition) is 1. The molecule has 1 aromatic rings. The van der Waals surface area contributed by atoms with Gasteiger partial charge in [0.2, 0.25) is 0 Å². The van der Waals surface area contributed by atoms with E-state index in [0.29, 0.717) is 6.42 Å². The van der Waals surface area contributed by atoms with Gasteiger partial charge in [-0.3, -0.25) is 0 Å². The maximum atomic E-state index is 11.8. The van der Waals surface area contributed by atoms with Gasteiger partial charge in [0.25, 0.3) is 0 Å². The van der Waals surface area contributed by atoms with Crippen molar-refractivity contribution < 1.29 is 19.1 Å². The van der Waals surface area contributed by atoms with E-state index in [1.165, 1.54) is 7.11 Å². The van der Waals surface area contributed by atoms with Gasteiger partial charge in [0, 0.05) is 9.99 Å². The van der Waals surface area contributed by atoms with E-state index in [1.807, 2.05) is 24.3 Å². The standard InChI is InChI=1S/C15H20INO4/c1-15(2,3)21-14(19)17-12(13(18)20-4)9-10-5-7-11(16)8-6-10/h5-8,12H,9H2,1-4H3,(H,17,19)/t12-/m1/s1. The third kappa shape index (κ3) is 6.79. The van der Waals surface area contributed by atoms with Crippen LogP contribution in [0.15, 0.2) is 24.3 Å². The number of alkyl carbamates (subject to hydrolysis) is 1. The van der Waals surface area contributed by atoms with Crippen LogP contribution in [0.4, 0.5) is 4.79 Å². The van der Waals surface area contributed by atoms with Crippen molar-refractivity contribution >= 4 is 34.7 Å². The Morgan fingerprint density at radius 3 is 2.29 bits per heavy atom. The van der Waals surface area contributed by atoms with Crippen LogP contribution in [0.5, 0.6) is 0 Å².